The average molecular weight is 503 g/mol. The number of nitrogens with two attached hydrogens (primary N) is 4. The van der Waals surface area contributed by atoms with Crippen LogP contribution in [0.3, 0.4) is 0 Å². The van der Waals surface area contributed by atoms with Crippen LogP contribution in [0.2, 0.25) is 0 Å². The summed E-state index contributed by atoms with van der Waals surface area (Å²) in [5.41, 5.74) is 21.4. The van der Waals surface area contributed by atoms with Gasteiger partial charge >= 0.3 is 5.97 Å². The Morgan fingerprint density at radius 2 is 1.40 bits per heavy atom. The summed E-state index contributed by atoms with van der Waals surface area (Å²) in [6.45, 7) is 3.07. The number of nitrogens with one attached hydrogen (secondary N) is 3. The topological polar surface area (TPSA) is 278 Å². The molecule has 0 aromatic rings. The Morgan fingerprint density at radius 3 is 1.89 bits per heavy atom. The molecule has 4 atom stereocenters. The number of carbonyl (C=O) groups is 5. The lowest BCUT2D eigenvalue weighted by Gasteiger charge is -2.24. The minimum atomic E-state index is -1.53. The molecule has 4 unspecified atom stereocenters. The van der Waals surface area contributed by atoms with Gasteiger partial charge in [-0.2, -0.15) is 0 Å². The first-order valence-electron chi connectivity index (χ1n) is 11.1. The van der Waals surface area contributed by atoms with Crippen LogP contribution in [0, 0.1) is 5.92 Å². The molecule has 0 aliphatic heterocycles. The van der Waals surface area contributed by atoms with Crippen molar-refractivity contribution in [2.24, 2.45) is 33.8 Å². The highest BCUT2D eigenvalue weighted by molar-refractivity contribution is 5.94. The maximum atomic E-state index is 12.8. The predicted molar refractivity (Wildman–Crippen MR) is 126 cm³/mol. The average Bonchev–Trinajstić information content (AvgIpc) is 2.75. The Kier molecular flexibility index (Phi) is 14.6. The first kappa shape index (κ1) is 31.5. The van der Waals surface area contributed by atoms with Gasteiger partial charge in [0.1, 0.15) is 18.1 Å². The molecule has 0 radical (unpaired) electrons. The zero-order valence-corrected chi connectivity index (χ0v) is 20.0. The molecule has 0 rings (SSSR count). The summed E-state index contributed by atoms with van der Waals surface area (Å²) in [7, 11) is 0. The second-order valence-corrected chi connectivity index (χ2v) is 8.39. The second kappa shape index (κ2) is 16.2. The van der Waals surface area contributed by atoms with E-state index in [1.165, 1.54) is 0 Å². The number of hydrogen-bond donors (Lipinski definition) is 9. The van der Waals surface area contributed by atoms with Crippen molar-refractivity contribution < 1.29 is 34.2 Å². The van der Waals surface area contributed by atoms with Gasteiger partial charge in [0.2, 0.25) is 23.6 Å². The first-order chi connectivity index (χ1) is 16.3. The number of aliphatic imine (C=N–C) groups is 1. The van der Waals surface area contributed by atoms with Crippen molar-refractivity contribution >= 4 is 35.6 Å². The summed E-state index contributed by atoms with van der Waals surface area (Å²) in [4.78, 5) is 63.8. The summed E-state index contributed by atoms with van der Waals surface area (Å²) in [6.07, 6.45) is 0.171. The van der Waals surface area contributed by atoms with E-state index in [0.29, 0.717) is 12.8 Å². The van der Waals surface area contributed by atoms with Gasteiger partial charge in [-0.25, -0.2) is 4.79 Å². The molecule has 13 N–H and O–H groups in total. The van der Waals surface area contributed by atoms with Gasteiger partial charge in [0.25, 0.3) is 0 Å². The number of amides is 4. The van der Waals surface area contributed by atoms with Crippen molar-refractivity contribution in [3.8, 4) is 0 Å². The van der Waals surface area contributed by atoms with Crippen LogP contribution in [-0.4, -0.2) is 83.1 Å². The van der Waals surface area contributed by atoms with Gasteiger partial charge in [-0.3, -0.25) is 24.2 Å². The summed E-state index contributed by atoms with van der Waals surface area (Å²) < 4.78 is 0. The third kappa shape index (κ3) is 13.7. The van der Waals surface area contributed by atoms with Crippen LogP contribution in [0.5, 0.6) is 0 Å². The van der Waals surface area contributed by atoms with Gasteiger partial charge in [0.15, 0.2) is 5.96 Å². The van der Waals surface area contributed by atoms with E-state index in [2.05, 4.69) is 20.9 Å². The van der Waals surface area contributed by atoms with E-state index in [1.54, 1.807) is 0 Å². The molecule has 0 aliphatic rings. The normalized spacial score (nSPS) is 14.2. The lowest BCUT2D eigenvalue weighted by molar-refractivity contribution is -0.143. The Morgan fingerprint density at radius 1 is 0.857 bits per heavy atom. The molecule has 0 aliphatic carbocycles. The van der Waals surface area contributed by atoms with Gasteiger partial charge in [0.05, 0.1) is 12.6 Å². The van der Waals surface area contributed by atoms with E-state index in [0.717, 1.165) is 0 Å². The molecule has 0 spiro atoms. The van der Waals surface area contributed by atoms with Gasteiger partial charge in [-0.1, -0.05) is 13.8 Å². The minimum Gasteiger partial charge on any atom is -0.480 e. The van der Waals surface area contributed by atoms with Crippen molar-refractivity contribution in [2.45, 2.75) is 70.1 Å². The zero-order chi connectivity index (χ0) is 27.1. The highest BCUT2D eigenvalue weighted by Crippen LogP contribution is 2.06. The molecule has 4 amide bonds. The largest absolute Gasteiger partial charge is 0.480 e. The molecule has 0 saturated carbocycles. The maximum absolute atomic E-state index is 12.8. The highest BCUT2D eigenvalue weighted by atomic mass is 16.4. The fraction of sp³-hybridized carbons (Fsp3) is 0.700. The number of carboxylic acids is 1. The molecule has 15 heteroatoms. The summed E-state index contributed by atoms with van der Waals surface area (Å²) >= 11 is 0. The molecule has 0 fully saturated rings. The van der Waals surface area contributed by atoms with Gasteiger partial charge < -0.3 is 49.1 Å². The number of primary amides is 1. The van der Waals surface area contributed by atoms with Crippen molar-refractivity contribution in [1.29, 1.82) is 0 Å². The highest BCUT2D eigenvalue weighted by Gasteiger charge is 2.30. The number of nitrogens with zero attached hydrogens (tertiary/aromatic N) is 1. The van der Waals surface area contributed by atoms with E-state index in [9.17, 15) is 34.2 Å². The molecular formula is C20H38N8O7. The number of hydrogen-bond acceptors (Lipinski definition) is 8. The van der Waals surface area contributed by atoms with Crippen LogP contribution < -0.4 is 38.9 Å². The molecular weight excluding hydrogens is 464 g/mol. The molecule has 0 bridgehead atoms. The van der Waals surface area contributed by atoms with Crippen LogP contribution in [0.15, 0.2) is 4.99 Å². The molecule has 0 heterocycles. The summed E-state index contributed by atoms with van der Waals surface area (Å²) in [5, 5.41) is 25.8. The third-order valence-electron chi connectivity index (χ3n) is 4.75. The number of aliphatic hydroxyl groups excluding tert-OH is 1. The van der Waals surface area contributed by atoms with E-state index >= 15 is 0 Å². The van der Waals surface area contributed by atoms with Crippen LogP contribution in [0.1, 0.15) is 46.0 Å². The Labute approximate surface area is 203 Å². The number of aliphatic carboxylic acids is 1. The third-order valence-corrected chi connectivity index (χ3v) is 4.75. The van der Waals surface area contributed by atoms with E-state index in [-0.39, 0.29) is 37.7 Å². The van der Waals surface area contributed by atoms with Crippen molar-refractivity contribution in [3.63, 3.8) is 0 Å². The summed E-state index contributed by atoms with van der Waals surface area (Å²) in [6, 6.07) is -5.01. The van der Waals surface area contributed by atoms with Crippen molar-refractivity contribution in [3.05, 3.63) is 0 Å². The molecule has 0 aromatic heterocycles. The fourth-order valence-electron chi connectivity index (χ4n) is 2.95. The van der Waals surface area contributed by atoms with Gasteiger partial charge in [-0.05, 0) is 31.6 Å². The number of carboxylic acid groups (broad SMARTS) is 1. The molecule has 0 saturated heterocycles. The first-order valence-corrected chi connectivity index (χ1v) is 11.1. The molecule has 200 valence electrons. The maximum Gasteiger partial charge on any atom is 0.326 e. The fourth-order valence-corrected chi connectivity index (χ4v) is 2.95. The minimum absolute atomic E-state index is 0.0822. The SMILES string of the molecule is CC(C)CC(N)C(=O)NC(CCCN=C(N)N)C(=O)NC(CO)C(=O)NC(CCC(N)=O)C(=O)O. The van der Waals surface area contributed by atoms with Gasteiger partial charge in [-0.15, -0.1) is 0 Å². The zero-order valence-electron chi connectivity index (χ0n) is 20.0. The van der Waals surface area contributed by atoms with E-state index in [4.69, 9.17) is 22.9 Å². The van der Waals surface area contributed by atoms with Crippen LogP contribution in [0.4, 0.5) is 0 Å². The molecule has 15 nitrogen and oxygen atoms in total. The second-order valence-electron chi connectivity index (χ2n) is 8.39. The number of aliphatic hydroxyl groups is 1. The Hall–Kier alpha value is -3.46. The standard InChI is InChI=1S/C20H38N8O7/c1-10(2)8-11(21)16(31)26-12(4-3-7-25-20(23)24)17(32)28-14(9-29)18(33)27-13(19(34)35)5-6-15(22)30/h10-14,29H,3-9,21H2,1-2H3,(H2,22,30)(H,26,31)(H,27,33)(H,28,32)(H,34,35)(H4,23,24,25). The predicted octanol–water partition coefficient (Wildman–Crippen LogP) is -3.79. The lowest BCUT2D eigenvalue weighted by Crippen LogP contribution is -2.58. The van der Waals surface area contributed by atoms with Crippen LogP contribution >= 0.6 is 0 Å². The Bertz CT molecular complexity index is 771. The number of carbonyl (C=O) groups excluding carboxylic acids is 4. The van der Waals surface area contributed by atoms with Crippen molar-refractivity contribution in [1.82, 2.24) is 16.0 Å². The number of rotatable bonds is 17. The summed E-state index contributed by atoms with van der Waals surface area (Å²) in [5.74, 6) is -4.58. The van der Waals surface area contributed by atoms with Crippen molar-refractivity contribution in [2.75, 3.05) is 13.2 Å². The lowest BCUT2D eigenvalue weighted by atomic mass is 10.0. The van der Waals surface area contributed by atoms with Crippen LogP contribution in [-0.2, 0) is 24.0 Å². The van der Waals surface area contributed by atoms with E-state index in [1.807, 2.05) is 13.8 Å². The molecule has 35 heavy (non-hydrogen) atoms. The van der Waals surface area contributed by atoms with Gasteiger partial charge in [0, 0.05) is 13.0 Å². The molecule has 0 aromatic carbocycles. The smallest absolute Gasteiger partial charge is 0.326 e. The number of guanidine groups is 1. The quantitative estimate of drug-likeness (QED) is 0.0531. The monoisotopic (exact) mass is 502 g/mol. The van der Waals surface area contributed by atoms with E-state index < -0.39 is 60.4 Å². The van der Waals surface area contributed by atoms with Crippen LogP contribution in [0.25, 0.3) is 0 Å². The Balaban J connectivity index is 5.36.